The van der Waals surface area contributed by atoms with Crippen LogP contribution in [0.3, 0.4) is 0 Å². The Kier molecular flexibility index (Phi) is 4.14. The molecular formula is C21H18N6. The van der Waals surface area contributed by atoms with Crippen LogP contribution in [-0.4, -0.2) is 20.8 Å². The van der Waals surface area contributed by atoms with Gasteiger partial charge in [0, 0.05) is 40.3 Å². The number of hydrogen-bond acceptors (Lipinski definition) is 4. The molecule has 0 aliphatic rings. The Bertz CT molecular complexity index is 1100. The van der Waals surface area contributed by atoms with E-state index < -0.39 is 0 Å². The first-order chi connectivity index (χ1) is 13.1. The largest absolute Gasteiger partial charge is 0.398 e. The molecule has 132 valence electrons. The minimum atomic E-state index is -0.0707. The van der Waals surface area contributed by atoms with E-state index in [0.29, 0.717) is 11.3 Å². The number of nitrogen functional groups attached to an aromatic ring is 2. The molecule has 0 amide bonds. The monoisotopic (exact) mass is 354 g/mol. The molecule has 0 radical (unpaired) electrons. The molecule has 0 bridgehead atoms. The van der Waals surface area contributed by atoms with E-state index in [1.807, 2.05) is 48.5 Å². The lowest BCUT2D eigenvalue weighted by Gasteiger charge is -2.07. The number of benzene rings is 2. The zero-order valence-electron chi connectivity index (χ0n) is 14.5. The Hall–Kier alpha value is -3.93. The smallest absolute Gasteiger partial charge is 0.138 e. The van der Waals surface area contributed by atoms with Gasteiger partial charge >= 0.3 is 0 Å². The lowest BCUT2D eigenvalue weighted by atomic mass is 10.0. The van der Waals surface area contributed by atoms with E-state index in [2.05, 4.69) is 9.97 Å². The number of nitrogens with one attached hydrogen (secondary N) is 2. The van der Waals surface area contributed by atoms with E-state index in [1.165, 1.54) is 0 Å². The maximum atomic E-state index is 7.75. The van der Waals surface area contributed by atoms with Gasteiger partial charge in [0.25, 0.3) is 0 Å². The molecule has 6 nitrogen and oxygen atoms in total. The fourth-order valence-electron chi connectivity index (χ4n) is 2.98. The highest BCUT2D eigenvalue weighted by molar-refractivity contribution is 6.01. The summed E-state index contributed by atoms with van der Waals surface area (Å²) in [4.78, 5) is 12.3. The summed E-state index contributed by atoms with van der Waals surface area (Å²) < 4.78 is 0. The molecular weight excluding hydrogens is 336 g/mol. The third-order valence-electron chi connectivity index (χ3n) is 4.34. The maximum absolute atomic E-state index is 7.75. The first-order valence-electron chi connectivity index (χ1n) is 8.43. The summed E-state index contributed by atoms with van der Waals surface area (Å²) in [5.41, 5.74) is 17.0. The minimum Gasteiger partial charge on any atom is -0.398 e. The zero-order chi connectivity index (χ0) is 18.8. The third kappa shape index (κ3) is 3.16. The van der Waals surface area contributed by atoms with Crippen LogP contribution in [0.5, 0.6) is 0 Å². The molecule has 2 aromatic heterocycles. The van der Waals surface area contributed by atoms with Gasteiger partial charge in [-0.15, -0.1) is 0 Å². The van der Waals surface area contributed by atoms with Crippen molar-refractivity contribution in [3.8, 4) is 33.9 Å². The maximum Gasteiger partial charge on any atom is 0.138 e. The van der Waals surface area contributed by atoms with E-state index in [9.17, 15) is 0 Å². The van der Waals surface area contributed by atoms with Gasteiger partial charge in [0.15, 0.2) is 0 Å². The Morgan fingerprint density at radius 3 is 2.33 bits per heavy atom. The van der Waals surface area contributed by atoms with Crippen LogP contribution in [0.4, 0.5) is 5.69 Å². The summed E-state index contributed by atoms with van der Waals surface area (Å²) in [5, 5.41) is 7.75. The number of amidine groups is 1. The van der Waals surface area contributed by atoms with Gasteiger partial charge < -0.3 is 16.5 Å². The summed E-state index contributed by atoms with van der Waals surface area (Å²) in [7, 11) is 0. The van der Waals surface area contributed by atoms with Crippen molar-refractivity contribution in [3.63, 3.8) is 0 Å². The van der Waals surface area contributed by atoms with Crippen LogP contribution in [0, 0.1) is 5.41 Å². The van der Waals surface area contributed by atoms with E-state index in [1.54, 1.807) is 24.5 Å². The van der Waals surface area contributed by atoms with Gasteiger partial charge in [-0.05, 0) is 24.3 Å². The lowest BCUT2D eigenvalue weighted by Crippen LogP contribution is -2.13. The Labute approximate surface area is 156 Å². The molecule has 27 heavy (non-hydrogen) atoms. The predicted octanol–water partition coefficient (Wildman–Crippen LogP) is 3.67. The van der Waals surface area contributed by atoms with E-state index >= 15 is 0 Å². The molecule has 4 aromatic rings. The second kappa shape index (κ2) is 6.76. The summed E-state index contributed by atoms with van der Waals surface area (Å²) >= 11 is 0. The molecule has 4 rings (SSSR count). The number of aromatic nitrogens is 3. The van der Waals surface area contributed by atoms with Crippen molar-refractivity contribution in [2.24, 2.45) is 5.73 Å². The van der Waals surface area contributed by atoms with Crippen molar-refractivity contribution in [3.05, 3.63) is 78.6 Å². The molecule has 0 unspecified atom stereocenters. The lowest BCUT2D eigenvalue weighted by molar-refractivity contribution is 1.30. The summed E-state index contributed by atoms with van der Waals surface area (Å²) in [6.45, 7) is 0. The molecule has 0 saturated heterocycles. The zero-order valence-corrected chi connectivity index (χ0v) is 14.5. The molecule has 0 aliphatic carbocycles. The van der Waals surface area contributed by atoms with Crippen molar-refractivity contribution in [2.45, 2.75) is 0 Å². The van der Waals surface area contributed by atoms with Gasteiger partial charge in [0.1, 0.15) is 11.7 Å². The van der Waals surface area contributed by atoms with Crippen LogP contribution in [-0.2, 0) is 0 Å². The van der Waals surface area contributed by atoms with Crippen molar-refractivity contribution in [2.75, 3.05) is 5.73 Å². The van der Waals surface area contributed by atoms with Crippen LogP contribution in [0.15, 0.2) is 73.1 Å². The highest BCUT2D eigenvalue weighted by atomic mass is 14.9. The van der Waals surface area contributed by atoms with Crippen LogP contribution in [0.25, 0.3) is 33.9 Å². The summed E-state index contributed by atoms with van der Waals surface area (Å²) in [6, 6.07) is 19.2. The molecule has 0 atom stereocenters. The molecule has 6 N–H and O–H groups in total. The van der Waals surface area contributed by atoms with Crippen LogP contribution < -0.4 is 11.5 Å². The van der Waals surface area contributed by atoms with Crippen molar-refractivity contribution < 1.29 is 0 Å². The number of anilines is 1. The molecule has 6 heteroatoms. The van der Waals surface area contributed by atoms with E-state index in [4.69, 9.17) is 21.9 Å². The number of H-pyrrole nitrogens is 1. The van der Waals surface area contributed by atoms with Gasteiger partial charge in [-0.3, -0.25) is 10.4 Å². The van der Waals surface area contributed by atoms with Gasteiger partial charge in [-0.1, -0.05) is 36.4 Å². The molecule has 2 aromatic carbocycles. The highest BCUT2D eigenvalue weighted by Crippen LogP contribution is 2.33. The number of aromatic amines is 1. The minimum absolute atomic E-state index is 0.0707. The first kappa shape index (κ1) is 16.5. The predicted molar refractivity (Wildman–Crippen MR) is 108 cm³/mol. The molecule has 0 aliphatic heterocycles. The fourth-order valence-corrected chi connectivity index (χ4v) is 2.98. The van der Waals surface area contributed by atoms with E-state index in [0.717, 1.165) is 33.9 Å². The number of imidazole rings is 1. The number of nitrogens with zero attached hydrogens (tertiary/aromatic N) is 2. The van der Waals surface area contributed by atoms with Gasteiger partial charge in [0.2, 0.25) is 0 Å². The van der Waals surface area contributed by atoms with Crippen molar-refractivity contribution in [1.29, 1.82) is 5.41 Å². The molecule has 0 saturated carbocycles. The number of nitrogens with two attached hydrogens (primary N) is 2. The summed E-state index contributed by atoms with van der Waals surface area (Å²) in [5.74, 6) is 0.692. The number of pyridine rings is 1. The van der Waals surface area contributed by atoms with Crippen LogP contribution in [0.2, 0.25) is 0 Å². The standard InChI is InChI=1S/C21H18N6/c22-17-7-6-15(12-16(17)20(23)24)19-18(13-8-10-25-11-9-13)26-21(27-19)14-4-2-1-3-5-14/h1-12H,22H2,(H3,23,24)(H,26,27). The number of hydrogen-bond donors (Lipinski definition) is 4. The van der Waals surface area contributed by atoms with Crippen LogP contribution in [0.1, 0.15) is 5.56 Å². The van der Waals surface area contributed by atoms with Crippen molar-refractivity contribution in [1.82, 2.24) is 15.0 Å². The average molecular weight is 354 g/mol. The van der Waals surface area contributed by atoms with Gasteiger partial charge in [-0.2, -0.15) is 0 Å². The first-order valence-corrected chi connectivity index (χ1v) is 8.43. The molecule has 0 fully saturated rings. The number of rotatable bonds is 4. The van der Waals surface area contributed by atoms with Crippen LogP contribution >= 0.6 is 0 Å². The second-order valence-electron chi connectivity index (χ2n) is 6.13. The Morgan fingerprint density at radius 1 is 0.889 bits per heavy atom. The van der Waals surface area contributed by atoms with Gasteiger partial charge in [0.05, 0.1) is 11.4 Å². The SMILES string of the molecule is N=C(N)c1cc(-c2nc(-c3ccccc3)[nH]c2-c2ccncc2)ccc1N. The normalized spacial score (nSPS) is 10.7. The Morgan fingerprint density at radius 2 is 1.63 bits per heavy atom. The van der Waals surface area contributed by atoms with E-state index in [-0.39, 0.29) is 5.84 Å². The molecule has 0 spiro atoms. The second-order valence-corrected chi connectivity index (χ2v) is 6.13. The molecule has 2 heterocycles. The summed E-state index contributed by atoms with van der Waals surface area (Å²) in [6.07, 6.45) is 3.48. The topological polar surface area (TPSA) is 117 Å². The fraction of sp³-hybridized carbons (Fsp3) is 0. The Balaban J connectivity index is 1.93. The average Bonchev–Trinajstić information content (AvgIpc) is 3.15. The van der Waals surface area contributed by atoms with Gasteiger partial charge in [-0.25, -0.2) is 4.98 Å². The quantitative estimate of drug-likeness (QED) is 0.254. The third-order valence-corrected chi connectivity index (χ3v) is 4.34. The highest BCUT2D eigenvalue weighted by Gasteiger charge is 2.16. The van der Waals surface area contributed by atoms with Crippen molar-refractivity contribution >= 4 is 11.5 Å².